The molecule has 27 heavy (non-hydrogen) atoms. The number of piperidine rings is 2. The third kappa shape index (κ3) is 4.17. The van der Waals surface area contributed by atoms with Crippen LogP contribution in [0.5, 0.6) is 0 Å². The molecule has 0 unspecified atom stereocenters. The lowest BCUT2D eigenvalue weighted by molar-refractivity contribution is -0.145. The van der Waals surface area contributed by atoms with Crippen molar-refractivity contribution in [1.82, 2.24) is 24.6 Å². The van der Waals surface area contributed by atoms with Crippen LogP contribution >= 0.6 is 0 Å². The van der Waals surface area contributed by atoms with Gasteiger partial charge in [0.05, 0.1) is 0 Å². The number of hydrogen-bond acceptors (Lipinski definition) is 4. The van der Waals surface area contributed by atoms with Gasteiger partial charge in [-0.2, -0.15) is 5.10 Å². The normalized spacial score (nSPS) is 23.3. The van der Waals surface area contributed by atoms with Gasteiger partial charge in [-0.3, -0.25) is 14.3 Å². The Morgan fingerprint density at radius 1 is 1.19 bits per heavy atom. The Balaban J connectivity index is 1.26. The quantitative estimate of drug-likeness (QED) is 0.793. The molecule has 0 bridgehead atoms. The zero-order valence-corrected chi connectivity index (χ0v) is 16.2. The number of amides is 2. The number of carbonyl (C=O) groups is 2. The van der Waals surface area contributed by atoms with Crippen molar-refractivity contribution in [2.24, 2.45) is 5.41 Å². The third-order valence-electron chi connectivity index (χ3n) is 6.88. The number of carbonyl (C=O) groups excluding carboxylic acids is 2. The molecule has 7 nitrogen and oxygen atoms in total. The monoisotopic (exact) mass is 373 g/mol. The fraction of sp³-hybridized carbons (Fsp3) is 0.800. The van der Waals surface area contributed by atoms with Gasteiger partial charge in [0.2, 0.25) is 11.8 Å². The Hall–Kier alpha value is -1.92. The van der Waals surface area contributed by atoms with Crippen molar-refractivity contribution in [3.05, 3.63) is 12.7 Å². The molecular formula is C20H31N5O2. The minimum absolute atomic E-state index is 0.244. The molecule has 0 atom stereocenters. The van der Waals surface area contributed by atoms with E-state index >= 15 is 0 Å². The van der Waals surface area contributed by atoms with Crippen molar-refractivity contribution < 1.29 is 9.59 Å². The van der Waals surface area contributed by atoms with Crippen LogP contribution in [0.3, 0.4) is 0 Å². The van der Waals surface area contributed by atoms with Gasteiger partial charge in [-0.1, -0.05) is 12.8 Å². The van der Waals surface area contributed by atoms with Crippen molar-refractivity contribution in [3.63, 3.8) is 0 Å². The zero-order valence-electron chi connectivity index (χ0n) is 16.2. The lowest BCUT2D eigenvalue weighted by Crippen LogP contribution is -2.54. The highest BCUT2D eigenvalue weighted by molar-refractivity contribution is 5.78. The first-order chi connectivity index (χ1) is 13.2. The summed E-state index contributed by atoms with van der Waals surface area (Å²) in [6.45, 7) is 3.34. The number of likely N-dealkylation sites (tertiary alicyclic amines) is 2. The van der Waals surface area contributed by atoms with Crippen LogP contribution in [0.2, 0.25) is 0 Å². The third-order valence-corrected chi connectivity index (χ3v) is 6.88. The first kappa shape index (κ1) is 18.4. The Morgan fingerprint density at radius 2 is 1.96 bits per heavy atom. The molecule has 4 rings (SSSR count). The largest absolute Gasteiger partial charge is 0.343 e. The lowest BCUT2D eigenvalue weighted by Gasteiger charge is -2.49. The minimum atomic E-state index is 0.244. The molecule has 2 aliphatic heterocycles. The number of hydrogen-bond donors (Lipinski definition) is 0. The van der Waals surface area contributed by atoms with E-state index < -0.39 is 0 Å². The first-order valence-electron chi connectivity index (χ1n) is 10.5. The Labute approximate surface area is 161 Å². The highest BCUT2D eigenvalue weighted by Crippen LogP contribution is 2.42. The number of rotatable bonds is 5. The van der Waals surface area contributed by atoms with E-state index in [9.17, 15) is 9.59 Å². The summed E-state index contributed by atoms with van der Waals surface area (Å²) in [6.07, 6.45) is 13.2. The van der Waals surface area contributed by atoms with Crippen molar-refractivity contribution in [2.45, 2.75) is 76.8 Å². The fourth-order valence-electron chi connectivity index (χ4n) is 5.13. The second-order valence-electron chi connectivity index (χ2n) is 8.60. The minimum Gasteiger partial charge on any atom is -0.343 e. The molecule has 3 fully saturated rings. The molecule has 1 aliphatic carbocycles. The summed E-state index contributed by atoms with van der Waals surface area (Å²) in [6, 6.07) is 0.478. The highest BCUT2D eigenvalue weighted by atomic mass is 16.2. The molecule has 1 spiro atoms. The average Bonchev–Trinajstić information content (AvgIpc) is 3.38. The van der Waals surface area contributed by atoms with Gasteiger partial charge in [0.25, 0.3) is 0 Å². The van der Waals surface area contributed by atoms with E-state index in [1.165, 1.54) is 32.0 Å². The molecule has 0 aromatic carbocycles. The molecular weight excluding hydrogens is 342 g/mol. The van der Waals surface area contributed by atoms with Crippen LogP contribution in [0.1, 0.15) is 64.2 Å². The molecule has 2 amide bonds. The maximum atomic E-state index is 12.5. The Morgan fingerprint density at radius 3 is 2.67 bits per heavy atom. The molecule has 0 radical (unpaired) electrons. The Bertz CT molecular complexity index is 645. The second kappa shape index (κ2) is 7.98. The summed E-state index contributed by atoms with van der Waals surface area (Å²) < 4.78 is 1.77. The summed E-state index contributed by atoms with van der Waals surface area (Å²) in [5.41, 5.74) is 0.244. The van der Waals surface area contributed by atoms with Crippen LogP contribution in [-0.4, -0.2) is 62.1 Å². The van der Waals surface area contributed by atoms with E-state index in [1.807, 2.05) is 4.90 Å². The first-order valence-corrected chi connectivity index (χ1v) is 10.5. The standard InChI is InChI=1S/C20H31N5O2/c26-18(6-3-11-24-16-21-15-22-24)23-12-9-20(10-13-23)8-7-19(27)25(14-20)17-4-1-2-5-17/h15-17H,1-14H2. The van der Waals surface area contributed by atoms with Crippen LogP contribution in [0, 0.1) is 5.41 Å². The summed E-state index contributed by atoms with van der Waals surface area (Å²) >= 11 is 0. The van der Waals surface area contributed by atoms with Gasteiger partial charge in [-0.05, 0) is 43.9 Å². The molecule has 0 N–H and O–H groups in total. The number of aromatic nitrogens is 3. The van der Waals surface area contributed by atoms with Gasteiger partial charge in [-0.15, -0.1) is 0 Å². The van der Waals surface area contributed by atoms with E-state index in [-0.39, 0.29) is 11.3 Å². The molecule has 3 heterocycles. The van der Waals surface area contributed by atoms with E-state index in [0.29, 0.717) is 24.8 Å². The van der Waals surface area contributed by atoms with Gasteiger partial charge >= 0.3 is 0 Å². The van der Waals surface area contributed by atoms with E-state index in [2.05, 4.69) is 15.0 Å². The van der Waals surface area contributed by atoms with Crippen molar-refractivity contribution >= 4 is 11.8 Å². The number of nitrogens with zero attached hydrogens (tertiary/aromatic N) is 5. The van der Waals surface area contributed by atoms with Gasteiger partial charge in [0.1, 0.15) is 12.7 Å². The maximum absolute atomic E-state index is 12.5. The van der Waals surface area contributed by atoms with Crippen LogP contribution in [0.15, 0.2) is 12.7 Å². The van der Waals surface area contributed by atoms with Gasteiger partial charge < -0.3 is 9.80 Å². The topological polar surface area (TPSA) is 71.3 Å². The molecule has 1 aromatic rings. The zero-order chi connectivity index (χ0) is 18.7. The van der Waals surface area contributed by atoms with E-state index in [1.54, 1.807) is 11.0 Å². The lowest BCUT2D eigenvalue weighted by atomic mass is 9.72. The van der Waals surface area contributed by atoms with E-state index in [0.717, 1.165) is 51.9 Å². The molecule has 2 saturated heterocycles. The molecule has 1 saturated carbocycles. The molecule has 148 valence electrons. The van der Waals surface area contributed by atoms with Gasteiger partial charge in [-0.25, -0.2) is 4.98 Å². The van der Waals surface area contributed by atoms with Gasteiger partial charge in [0, 0.05) is 45.1 Å². The Kier molecular flexibility index (Phi) is 5.45. The summed E-state index contributed by atoms with van der Waals surface area (Å²) in [5, 5.41) is 4.08. The molecule has 1 aromatic heterocycles. The van der Waals surface area contributed by atoms with Crippen LogP contribution < -0.4 is 0 Å². The van der Waals surface area contributed by atoms with Crippen LogP contribution in [0.4, 0.5) is 0 Å². The predicted octanol–water partition coefficient (Wildman–Crippen LogP) is 2.23. The highest BCUT2D eigenvalue weighted by Gasteiger charge is 2.43. The predicted molar refractivity (Wildman–Crippen MR) is 101 cm³/mol. The average molecular weight is 374 g/mol. The van der Waals surface area contributed by atoms with Crippen molar-refractivity contribution in [2.75, 3.05) is 19.6 Å². The van der Waals surface area contributed by atoms with Gasteiger partial charge in [0.15, 0.2) is 0 Å². The smallest absolute Gasteiger partial charge is 0.222 e. The van der Waals surface area contributed by atoms with Crippen molar-refractivity contribution in [1.29, 1.82) is 0 Å². The van der Waals surface area contributed by atoms with E-state index in [4.69, 9.17) is 0 Å². The van der Waals surface area contributed by atoms with Crippen LogP contribution in [-0.2, 0) is 16.1 Å². The maximum Gasteiger partial charge on any atom is 0.222 e. The summed E-state index contributed by atoms with van der Waals surface area (Å²) in [5.74, 6) is 0.614. The SMILES string of the molecule is O=C(CCCn1cncn1)N1CCC2(CCC(=O)N(C3CCCC3)C2)CC1. The van der Waals surface area contributed by atoms with Crippen LogP contribution in [0.25, 0.3) is 0 Å². The molecule has 7 heteroatoms. The molecule has 3 aliphatic rings. The second-order valence-corrected chi connectivity index (χ2v) is 8.60. The summed E-state index contributed by atoms with van der Waals surface area (Å²) in [7, 11) is 0. The number of aryl methyl sites for hydroxylation is 1. The van der Waals surface area contributed by atoms with Crippen molar-refractivity contribution in [3.8, 4) is 0 Å². The summed E-state index contributed by atoms with van der Waals surface area (Å²) in [4.78, 5) is 33.1. The fourth-order valence-corrected chi connectivity index (χ4v) is 5.13.